The molecule has 0 atom stereocenters. The Balaban J connectivity index is 2.74. The minimum atomic E-state index is 0.504. The third kappa shape index (κ3) is 1.40. The molecule has 0 aliphatic heterocycles. The Bertz CT molecular complexity index is 464. The maximum absolute atomic E-state index is 5.57. The third-order valence-corrected chi connectivity index (χ3v) is 2.86. The van der Waals surface area contributed by atoms with Gasteiger partial charge in [0.2, 0.25) is 0 Å². The molecule has 2 rings (SSSR count). The summed E-state index contributed by atoms with van der Waals surface area (Å²) >= 11 is 3.48. The van der Waals surface area contributed by atoms with Gasteiger partial charge in [-0.25, -0.2) is 0 Å². The predicted molar refractivity (Wildman–Crippen MR) is 60.4 cm³/mol. The average molecular weight is 255 g/mol. The number of methoxy groups -OCH3 is 1. The standard InChI is InChI=1S/C10H11BrN2O/c1-14-9-3-2-8(11)10-7(9)4-6(5-12)13-10/h2-4,13H,5,12H2,1H3. The molecule has 0 aliphatic rings. The van der Waals surface area contributed by atoms with Gasteiger partial charge < -0.3 is 15.5 Å². The van der Waals surface area contributed by atoms with Gasteiger partial charge in [0.25, 0.3) is 0 Å². The number of H-pyrrole nitrogens is 1. The van der Waals surface area contributed by atoms with Gasteiger partial charge in [-0.05, 0) is 34.1 Å². The van der Waals surface area contributed by atoms with Gasteiger partial charge in [-0.1, -0.05) is 0 Å². The quantitative estimate of drug-likeness (QED) is 0.865. The lowest BCUT2D eigenvalue weighted by atomic mass is 10.2. The number of nitrogens with two attached hydrogens (primary N) is 1. The fourth-order valence-electron chi connectivity index (χ4n) is 1.50. The van der Waals surface area contributed by atoms with Crippen LogP contribution in [0.15, 0.2) is 22.7 Å². The molecule has 0 unspecified atom stereocenters. The normalized spacial score (nSPS) is 10.8. The number of aromatic amines is 1. The summed E-state index contributed by atoms with van der Waals surface area (Å²) in [7, 11) is 1.66. The van der Waals surface area contributed by atoms with Gasteiger partial charge in [0.1, 0.15) is 5.75 Å². The van der Waals surface area contributed by atoms with Gasteiger partial charge in [0.15, 0.2) is 0 Å². The lowest BCUT2D eigenvalue weighted by Crippen LogP contribution is -1.95. The first kappa shape index (κ1) is 9.55. The van der Waals surface area contributed by atoms with Crippen LogP contribution in [0.1, 0.15) is 5.69 Å². The van der Waals surface area contributed by atoms with E-state index in [1.807, 2.05) is 18.2 Å². The van der Waals surface area contributed by atoms with Gasteiger partial charge in [-0.3, -0.25) is 0 Å². The van der Waals surface area contributed by atoms with E-state index in [9.17, 15) is 0 Å². The van der Waals surface area contributed by atoms with E-state index in [0.717, 1.165) is 26.8 Å². The van der Waals surface area contributed by atoms with Crippen molar-refractivity contribution in [1.82, 2.24) is 4.98 Å². The summed E-state index contributed by atoms with van der Waals surface area (Å²) in [6, 6.07) is 5.90. The van der Waals surface area contributed by atoms with Crippen LogP contribution in [-0.2, 0) is 6.54 Å². The predicted octanol–water partition coefficient (Wildman–Crippen LogP) is 2.40. The summed E-state index contributed by atoms with van der Waals surface area (Å²) in [5.41, 5.74) is 7.60. The topological polar surface area (TPSA) is 51.0 Å². The molecule has 0 amide bonds. The van der Waals surface area contributed by atoms with Gasteiger partial charge in [-0.2, -0.15) is 0 Å². The number of hydrogen-bond acceptors (Lipinski definition) is 2. The third-order valence-electron chi connectivity index (χ3n) is 2.20. The second kappa shape index (κ2) is 3.63. The van der Waals surface area contributed by atoms with E-state index in [1.54, 1.807) is 7.11 Å². The van der Waals surface area contributed by atoms with E-state index in [2.05, 4.69) is 20.9 Å². The molecule has 0 aliphatic carbocycles. The first-order valence-electron chi connectivity index (χ1n) is 4.30. The molecule has 1 aromatic carbocycles. The minimum absolute atomic E-state index is 0.504. The summed E-state index contributed by atoms with van der Waals surface area (Å²) in [5, 5.41) is 1.06. The van der Waals surface area contributed by atoms with Gasteiger partial charge in [0, 0.05) is 22.1 Å². The highest BCUT2D eigenvalue weighted by Gasteiger charge is 2.07. The van der Waals surface area contributed by atoms with Crippen LogP contribution in [0.5, 0.6) is 5.75 Å². The van der Waals surface area contributed by atoms with Crippen molar-refractivity contribution >= 4 is 26.8 Å². The van der Waals surface area contributed by atoms with Crippen molar-refractivity contribution in [3.05, 3.63) is 28.4 Å². The monoisotopic (exact) mass is 254 g/mol. The highest BCUT2D eigenvalue weighted by Crippen LogP contribution is 2.31. The Kier molecular flexibility index (Phi) is 2.48. The Morgan fingerprint density at radius 1 is 1.50 bits per heavy atom. The van der Waals surface area contributed by atoms with Crippen molar-refractivity contribution in [3.8, 4) is 5.75 Å². The van der Waals surface area contributed by atoms with E-state index in [1.165, 1.54) is 0 Å². The largest absolute Gasteiger partial charge is 0.496 e. The van der Waals surface area contributed by atoms with Gasteiger partial charge >= 0.3 is 0 Å². The first-order valence-corrected chi connectivity index (χ1v) is 5.09. The van der Waals surface area contributed by atoms with E-state index in [0.29, 0.717) is 6.54 Å². The van der Waals surface area contributed by atoms with Crippen LogP contribution in [0, 0.1) is 0 Å². The van der Waals surface area contributed by atoms with Gasteiger partial charge in [-0.15, -0.1) is 0 Å². The molecule has 3 N–H and O–H groups in total. The Morgan fingerprint density at radius 3 is 2.93 bits per heavy atom. The number of ether oxygens (including phenoxy) is 1. The van der Waals surface area contributed by atoms with Crippen LogP contribution in [0.4, 0.5) is 0 Å². The maximum atomic E-state index is 5.57. The molecule has 2 aromatic rings. The molecule has 0 saturated heterocycles. The molecule has 0 spiro atoms. The van der Waals surface area contributed by atoms with E-state index < -0.39 is 0 Å². The number of fused-ring (bicyclic) bond motifs is 1. The number of hydrogen-bond donors (Lipinski definition) is 2. The SMILES string of the molecule is COc1ccc(Br)c2[nH]c(CN)cc12. The molecule has 4 heteroatoms. The smallest absolute Gasteiger partial charge is 0.128 e. The zero-order valence-corrected chi connectivity index (χ0v) is 9.39. The summed E-state index contributed by atoms with van der Waals surface area (Å²) < 4.78 is 6.28. The fraction of sp³-hybridized carbons (Fsp3) is 0.200. The maximum Gasteiger partial charge on any atom is 0.128 e. The van der Waals surface area contributed by atoms with E-state index >= 15 is 0 Å². The molecular formula is C10H11BrN2O. The molecule has 74 valence electrons. The van der Waals surface area contributed by atoms with Crippen molar-refractivity contribution in [1.29, 1.82) is 0 Å². The highest BCUT2D eigenvalue weighted by atomic mass is 79.9. The van der Waals surface area contributed by atoms with Crippen molar-refractivity contribution in [2.24, 2.45) is 5.73 Å². The number of rotatable bonds is 2. The van der Waals surface area contributed by atoms with Crippen LogP contribution >= 0.6 is 15.9 Å². The van der Waals surface area contributed by atoms with Crippen LogP contribution < -0.4 is 10.5 Å². The summed E-state index contributed by atoms with van der Waals surface area (Å²) in [6.07, 6.45) is 0. The number of benzene rings is 1. The molecule has 3 nitrogen and oxygen atoms in total. The Labute approximate surface area is 90.4 Å². The van der Waals surface area contributed by atoms with Crippen LogP contribution in [0.2, 0.25) is 0 Å². The average Bonchev–Trinajstić information content (AvgIpc) is 2.63. The molecule has 0 bridgehead atoms. The Hall–Kier alpha value is -1.00. The lowest BCUT2D eigenvalue weighted by Gasteiger charge is -2.01. The van der Waals surface area contributed by atoms with Crippen LogP contribution in [-0.4, -0.2) is 12.1 Å². The molecule has 0 saturated carbocycles. The molecule has 14 heavy (non-hydrogen) atoms. The zero-order chi connectivity index (χ0) is 10.1. The molecule has 0 radical (unpaired) electrons. The van der Waals surface area contributed by atoms with Crippen LogP contribution in [0.25, 0.3) is 10.9 Å². The van der Waals surface area contributed by atoms with Crippen LogP contribution in [0.3, 0.4) is 0 Å². The summed E-state index contributed by atoms with van der Waals surface area (Å²) in [6.45, 7) is 0.504. The number of halogens is 1. The lowest BCUT2D eigenvalue weighted by molar-refractivity contribution is 0.420. The number of aromatic nitrogens is 1. The minimum Gasteiger partial charge on any atom is -0.496 e. The van der Waals surface area contributed by atoms with Crippen molar-refractivity contribution in [3.63, 3.8) is 0 Å². The second-order valence-electron chi connectivity index (χ2n) is 3.04. The van der Waals surface area contributed by atoms with Crippen molar-refractivity contribution < 1.29 is 4.74 Å². The van der Waals surface area contributed by atoms with Crippen molar-refractivity contribution in [2.45, 2.75) is 6.54 Å². The molecule has 1 aromatic heterocycles. The summed E-state index contributed by atoms with van der Waals surface area (Å²) in [5.74, 6) is 0.860. The zero-order valence-electron chi connectivity index (χ0n) is 7.80. The molecule has 0 fully saturated rings. The highest BCUT2D eigenvalue weighted by molar-refractivity contribution is 9.10. The first-order chi connectivity index (χ1) is 6.76. The van der Waals surface area contributed by atoms with Crippen molar-refractivity contribution in [2.75, 3.05) is 7.11 Å². The van der Waals surface area contributed by atoms with E-state index in [-0.39, 0.29) is 0 Å². The molecule has 1 heterocycles. The molecular weight excluding hydrogens is 244 g/mol. The second-order valence-corrected chi connectivity index (χ2v) is 3.89. The van der Waals surface area contributed by atoms with Gasteiger partial charge in [0.05, 0.1) is 12.6 Å². The Morgan fingerprint density at radius 2 is 2.29 bits per heavy atom. The number of nitrogens with one attached hydrogen (secondary N) is 1. The fourth-order valence-corrected chi connectivity index (χ4v) is 1.95. The van der Waals surface area contributed by atoms with E-state index in [4.69, 9.17) is 10.5 Å². The summed E-state index contributed by atoms with van der Waals surface area (Å²) in [4.78, 5) is 3.24.